The van der Waals surface area contributed by atoms with Gasteiger partial charge in [0.05, 0.1) is 6.61 Å². The van der Waals surface area contributed by atoms with Crippen LogP contribution in [0.1, 0.15) is 32.3 Å². The van der Waals surface area contributed by atoms with E-state index >= 15 is 0 Å². The molecule has 3 N–H and O–H groups in total. The lowest BCUT2D eigenvalue weighted by Crippen LogP contribution is -2.42. The molecule has 0 heterocycles. The summed E-state index contributed by atoms with van der Waals surface area (Å²) < 4.78 is 5.57. The van der Waals surface area contributed by atoms with E-state index in [1.165, 1.54) is 6.92 Å². The lowest BCUT2D eigenvalue weighted by molar-refractivity contribution is -0.143. The average molecular weight is 237 g/mol. The molecule has 0 saturated carbocycles. The molecule has 0 amide bonds. The molecule has 4 nitrogen and oxygen atoms in total. The van der Waals surface area contributed by atoms with Crippen LogP contribution in [0.25, 0.3) is 0 Å². The largest absolute Gasteiger partial charge is 0.493 e. The van der Waals surface area contributed by atoms with E-state index in [0.29, 0.717) is 17.9 Å². The van der Waals surface area contributed by atoms with Crippen LogP contribution >= 0.6 is 0 Å². The fourth-order valence-corrected chi connectivity index (χ4v) is 1.46. The first-order valence-electron chi connectivity index (χ1n) is 5.74. The third-order valence-electron chi connectivity index (χ3n) is 2.65. The third-order valence-corrected chi connectivity index (χ3v) is 2.65. The van der Waals surface area contributed by atoms with Crippen molar-refractivity contribution in [3.05, 3.63) is 29.8 Å². The van der Waals surface area contributed by atoms with Gasteiger partial charge in [0.1, 0.15) is 11.3 Å². The van der Waals surface area contributed by atoms with Gasteiger partial charge in [-0.3, -0.25) is 0 Å². The van der Waals surface area contributed by atoms with Crippen LogP contribution in [0.2, 0.25) is 0 Å². The fraction of sp³-hybridized carbons (Fsp3) is 0.462. The lowest BCUT2D eigenvalue weighted by Gasteiger charge is -2.22. The summed E-state index contributed by atoms with van der Waals surface area (Å²) in [5.74, 6) is -0.516. The lowest BCUT2D eigenvalue weighted by atomic mass is 9.92. The van der Waals surface area contributed by atoms with Crippen LogP contribution in [-0.4, -0.2) is 17.7 Å². The van der Waals surface area contributed by atoms with Gasteiger partial charge in [-0.25, -0.2) is 4.79 Å². The van der Waals surface area contributed by atoms with E-state index in [9.17, 15) is 4.79 Å². The van der Waals surface area contributed by atoms with Crippen molar-refractivity contribution in [3.63, 3.8) is 0 Å². The Morgan fingerprint density at radius 3 is 2.71 bits per heavy atom. The minimum absolute atomic E-state index is 0.503. The molecule has 1 rings (SSSR count). The number of carboxylic acid groups (broad SMARTS) is 1. The number of carboxylic acids is 1. The van der Waals surface area contributed by atoms with Crippen LogP contribution in [0.5, 0.6) is 5.75 Å². The Bertz CT molecular complexity index is 388. The third kappa shape index (κ3) is 3.20. The summed E-state index contributed by atoms with van der Waals surface area (Å²) in [4.78, 5) is 11.1. The van der Waals surface area contributed by atoms with Gasteiger partial charge in [-0.05, 0) is 19.4 Å². The Morgan fingerprint density at radius 2 is 2.12 bits per heavy atom. The van der Waals surface area contributed by atoms with Crippen LogP contribution in [0.15, 0.2) is 24.3 Å². The number of hydrogen-bond acceptors (Lipinski definition) is 3. The number of aliphatic carboxylic acids is 1. The molecule has 0 saturated heterocycles. The second-order valence-corrected chi connectivity index (χ2v) is 4.21. The van der Waals surface area contributed by atoms with Crippen molar-refractivity contribution in [2.24, 2.45) is 5.73 Å². The summed E-state index contributed by atoms with van der Waals surface area (Å²) in [5, 5.41) is 9.11. The van der Waals surface area contributed by atoms with Gasteiger partial charge in [0.15, 0.2) is 0 Å². The smallest absolute Gasteiger partial charge is 0.328 e. The van der Waals surface area contributed by atoms with Crippen LogP contribution in [0.4, 0.5) is 0 Å². The van der Waals surface area contributed by atoms with Gasteiger partial charge in [-0.15, -0.1) is 0 Å². The van der Waals surface area contributed by atoms with Gasteiger partial charge < -0.3 is 15.6 Å². The molecule has 0 aromatic heterocycles. The number of nitrogens with two attached hydrogens (primary N) is 1. The molecule has 4 heteroatoms. The predicted octanol–water partition coefficient (Wildman–Crippen LogP) is 2.12. The summed E-state index contributed by atoms with van der Waals surface area (Å²) in [7, 11) is 0. The Kier molecular flexibility index (Phi) is 4.52. The summed E-state index contributed by atoms with van der Waals surface area (Å²) in [6, 6.07) is 7.01. The first kappa shape index (κ1) is 13.5. The minimum atomic E-state index is -1.43. The van der Waals surface area contributed by atoms with E-state index < -0.39 is 11.5 Å². The van der Waals surface area contributed by atoms with Crippen LogP contribution < -0.4 is 10.5 Å². The predicted molar refractivity (Wildman–Crippen MR) is 66.0 cm³/mol. The first-order valence-corrected chi connectivity index (χ1v) is 5.74. The van der Waals surface area contributed by atoms with E-state index in [0.717, 1.165) is 12.8 Å². The molecule has 17 heavy (non-hydrogen) atoms. The van der Waals surface area contributed by atoms with Gasteiger partial charge >= 0.3 is 5.97 Å². The number of hydrogen-bond donors (Lipinski definition) is 2. The van der Waals surface area contributed by atoms with Crippen LogP contribution in [0, 0.1) is 0 Å². The van der Waals surface area contributed by atoms with E-state index in [1.54, 1.807) is 18.2 Å². The number of ether oxygens (including phenoxy) is 1. The average Bonchev–Trinajstić information content (AvgIpc) is 2.29. The summed E-state index contributed by atoms with van der Waals surface area (Å²) in [6.45, 7) is 4.11. The first-order chi connectivity index (χ1) is 8.00. The van der Waals surface area contributed by atoms with Crippen molar-refractivity contribution in [1.29, 1.82) is 0 Å². The molecule has 0 aliphatic carbocycles. The fourth-order valence-electron chi connectivity index (χ4n) is 1.46. The molecule has 0 aliphatic rings. The zero-order chi connectivity index (χ0) is 12.9. The van der Waals surface area contributed by atoms with Crippen LogP contribution in [-0.2, 0) is 10.3 Å². The van der Waals surface area contributed by atoms with Gasteiger partial charge in [0.2, 0.25) is 0 Å². The SMILES string of the molecule is CCCCOc1ccccc1C(C)(N)C(=O)O. The van der Waals surface area contributed by atoms with Crippen molar-refractivity contribution >= 4 is 5.97 Å². The number of para-hydroxylation sites is 1. The maximum atomic E-state index is 11.1. The molecule has 0 bridgehead atoms. The molecule has 1 aromatic carbocycles. The molecular formula is C13H19NO3. The molecule has 94 valence electrons. The van der Waals surface area contributed by atoms with Crippen LogP contribution in [0.3, 0.4) is 0 Å². The van der Waals surface area contributed by atoms with Crippen molar-refractivity contribution in [2.45, 2.75) is 32.2 Å². The standard InChI is InChI=1S/C13H19NO3/c1-3-4-9-17-11-8-6-5-7-10(11)13(2,14)12(15)16/h5-8H,3-4,9,14H2,1-2H3,(H,15,16). The highest BCUT2D eigenvalue weighted by molar-refractivity contribution is 5.81. The van der Waals surface area contributed by atoms with Crippen molar-refractivity contribution in [3.8, 4) is 5.75 Å². The molecule has 0 aliphatic heterocycles. The van der Waals surface area contributed by atoms with Gasteiger partial charge in [0.25, 0.3) is 0 Å². The summed E-state index contributed by atoms with van der Waals surface area (Å²) in [6.07, 6.45) is 1.96. The molecule has 0 fully saturated rings. The van der Waals surface area contributed by atoms with Gasteiger partial charge in [0, 0.05) is 5.56 Å². The Balaban J connectivity index is 2.95. The van der Waals surface area contributed by atoms with E-state index in [-0.39, 0.29) is 0 Å². The number of unbranched alkanes of at least 4 members (excludes halogenated alkanes) is 1. The molecule has 1 unspecified atom stereocenters. The second-order valence-electron chi connectivity index (χ2n) is 4.21. The minimum Gasteiger partial charge on any atom is -0.493 e. The quantitative estimate of drug-likeness (QED) is 0.743. The highest BCUT2D eigenvalue weighted by Gasteiger charge is 2.32. The highest BCUT2D eigenvalue weighted by atomic mass is 16.5. The zero-order valence-corrected chi connectivity index (χ0v) is 10.3. The molecule has 1 atom stereocenters. The topological polar surface area (TPSA) is 72.5 Å². The number of rotatable bonds is 6. The highest BCUT2D eigenvalue weighted by Crippen LogP contribution is 2.28. The van der Waals surface area contributed by atoms with Crippen molar-refractivity contribution in [1.82, 2.24) is 0 Å². The summed E-state index contributed by atoms with van der Waals surface area (Å²) >= 11 is 0. The van der Waals surface area contributed by atoms with E-state index in [1.807, 2.05) is 6.07 Å². The number of carbonyl (C=O) groups is 1. The maximum absolute atomic E-state index is 11.1. The zero-order valence-electron chi connectivity index (χ0n) is 10.3. The number of benzene rings is 1. The Hall–Kier alpha value is -1.55. The molecule has 0 radical (unpaired) electrons. The van der Waals surface area contributed by atoms with Crippen molar-refractivity contribution in [2.75, 3.05) is 6.61 Å². The van der Waals surface area contributed by atoms with E-state index in [4.69, 9.17) is 15.6 Å². The Labute approximate surface area is 101 Å². The van der Waals surface area contributed by atoms with E-state index in [2.05, 4.69) is 6.92 Å². The Morgan fingerprint density at radius 1 is 1.47 bits per heavy atom. The van der Waals surface area contributed by atoms with Gasteiger partial charge in [-0.1, -0.05) is 31.5 Å². The van der Waals surface area contributed by atoms with Gasteiger partial charge in [-0.2, -0.15) is 0 Å². The normalized spacial score (nSPS) is 14.1. The van der Waals surface area contributed by atoms with Crippen molar-refractivity contribution < 1.29 is 14.6 Å². The molecule has 0 spiro atoms. The molecule has 1 aromatic rings. The second kappa shape index (κ2) is 5.68. The monoisotopic (exact) mass is 237 g/mol. The molecular weight excluding hydrogens is 218 g/mol. The maximum Gasteiger partial charge on any atom is 0.328 e. The summed E-state index contributed by atoms with van der Waals surface area (Å²) in [5.41, 5.74) is 4.88.